The molecule has 156 valence electrons. The molecule has 3 aromatic heterocycles. The Morgan fingerprint density at radius 3 is 2.81 bits per heavy atom. The number of anilines is 1. The normalized spacial score (nSPS) is 11.3. The average Bonchev–Trinajstić information content (AvgIpc) is 3.49. The fourth-order valence-corrected chi connectivity index (χ4v) is 4.71. The molecule has 31 heavy (non-hydrogen) atoms. The third kappa shape index (κ3) is 3.47. The van der Waals surface area contributed by atoms with Crippen LogP contribution in [0.15, 0.2) is 63.6 Å². The van der Waals surface area contributed by atoms with Crippen LogP contribution in [0, 0.1) is 13.8 Å². The summed E-state index contributed by atoms with van der Waals surface area (Å²) in [6, 6.07) is 15.1. The lowest BCUT2D eigenvalue weighted by Crippen LogP contribution is -2.29. The lowest BCUT2D eigenvalue weighted by atomic mass is 10.1. The molecule has 0 N–H and O–H groups in total. The van der Waals surface area contributed by atoms with E-state index in [0.717, 1.165) is 26.7 Å². The van der Waals surface area contributed by atoms with Crippen LogP contribution in [0.3, 0.4) is 0 Å². The molecule has 0 aliphatic carbocycles. The molecule has 1 amide bonds. The lowest BCUT2D eigenvalue weighted by molar-refractivity contribution is 0.0958. The van der Waals surface area contributed by atoms with E-state index in [9.17, 15) is 4.79 Å². The number of fused-ring (bicyclic) bond motifs is 2. The number of aromatic nitrogens is 1. The van der Waals surface area contributed by atoms with Crippen LogP contribution in [0.2, 0.25) is 0 Å². The SMILES string of the molecule is COc1cccc2cc(C(=O)N(Cc3ccco3)c3nc4cc(C)cc(C)c4s3)oc12. The van der Waals surface area contributed by atoms with Crippen molar-refractivity contribution in [3.8, 4) is 5.75 Å². The van der Waals surface area contributed by atoms with Gasteiger partial charge in [-0.15, -0.1) is 0 Å². The summed E-state index contributed by atoms with van der Waals surface area (Å²) in [6.07, 6.45) is 1.59. The summed E-state index contributed by atoms with van der Waals surface area (Å²) in [5, 5.41) is 1.40. The topological polar surface area (TPSA) is 68.7 Å². The van der Waals surface area contributed by atoms with Gasteiger partial charge in [-0.3, -0.25) is 9.69 Å². The Morgan fingerprint density at radius 1 is 1.16 bits per heavy atom. The number of nitrogens with zero attached hydrogens (tertiary/aromatic N) is 2. The molecule has 5 aromatic rings. The summed E-state index contributed by atoms with van der Waals surface area (Å²) in [5.74, 6) is 1.18. The first-order valence-corrected chi connectivity index (χ1v) is 10.6. The molecule has 0 bridgehead atoms. The minimum atomic E-state index is -0.289. The predicted octanol–water partition coefficient (Wildman–Crippen LogP) is 6.11. The van der Waals surface area contributed by atoms with Gasteiger partial charge in [0.05, 0.1) is 30.1 Å². The molecule has 3 heterocycles. The molecular weight excluding hydrogens is 412 g/mol. The zero-order valence-electron chi connectivity index (χ0n) is 17.3. The van der Waals surface area contributed by atoms with E-state index in [1.54, 1.807) is 36.5 Å². The quantitative estimate of drug-likeness (QED) is 0.335. The van der Waals surface area contributed by atoms with Gasteiger partial charge in [0.2, 0.25) is 0 Å². The van der Waals surface area contributed by atoms with Crippen LogP contribution in [-0.2, 0) is 6.54 Å². The van der Waals surface area contributed by atoms with E-state index in [4.69, 9.17) is 18.6 Å². The number of ether oxygens (including phenoxy) is 1. The van der Waals surface area contributed by atoms with Gasteiger partial charge in [0.25, 0.3) is 5.91 Å². The van der Waals surface area contributed by atoms with E-state index in [-0.39, 0.29) is 18.2 Å². The highest BCUT2D eigenvalue weighted by Crippen LogP contribution is 2.35. The molecule has 6 nitrogen and oxygen atoms in total. The van der Waals surface area contributed by atoms with Gasteiger partial charge in [-0.2, -0.15) is 0 Å². The van der Waals surface area contributed by atoms with E-state index in [1.807, 2.05) is 31.2 Å². The predicted molar refractivity (Wildman–Crippen MR) is 121 cm³/mol. The monoisotopic (exact) mass is 432 g/mol. The van der Waals surface area contributed by atoms with Crippen LogP contribution in [0.25, 0.3) is 21.2 Å². The smallest absolute Gasteiger partial charge is 0.296 e. The minimum Gasteiger partial charge on any atom is -0.493 e. The molecule has 0 fully saturated rings. The zero-order valence-corrected chi connectivity index (χ0v) is 18.2. The Kier molecular flexibility index (Phi) is 4.75. The second-order valence-electron chi connectivity index (χ2n) is 7.39. The Labute approximate surface area is 182 Å². The molecule has 0 radical (unpaired) electrons. The van der Waals surface area contributed by atoms with Crippen molar-refractivity contribution in [2.24, 2.45) is 0 Å². The van der Waals surface area contributed by atoms with Crippen molar-refractivity contribution in [2.75, 3.05) is 12.0 Å². The van der Waals surface area contributed by atoms with Gasteiger partial charge < -0.3 is 13.6 Å². The Balaban J connectivity index is 1.61. The van der Waals surface area contributed by atoms with Crippen LogP contribution in [-0.4, -0.2) is 18.0 Å². The molecule has 0 saturated carbocycles. The van der Waals surface area contributed by atoms with Crippen molar-refractivity contribution < 1.29 is 18.4 Å². The van der Waals surface area contributed by atoms with E-state index in [1.165, 1.54) is 11.3 Å². The first-order valence-electron chi connectivity index (χ1n) is 9.82. The number of furan rings is 2. The van der Waals surface area contributed by atoms with Gasteiger partial charge in [-0.25, -0.2) is 4.98 Å². The number of amides is 1. The van der Waals surface area contributed by atoms with Crippen molar-refractivity contribution in [1.82, 2.24) is 4.98 Å². The third-order valence-electron chi connectivity index (χ3n) is 5.12. The van der Waals surface area contributed by atoms with Crippen molar-refractivity contribution in [3.05, 3.63) is 77.4 Å². The number of rotatable bonds is 5. The molecule has 0 aliphatic heterocycles. The molecule has 0 spiro atoms. The number of hydrogen-bond donors (Lipinski definition) is 0. The maximum atomic E-state index is 13.6. The Bertz CT molecular complexity index is 1400. The molecular formula is C24H20N2O4S. The molecule has 0 saturated heterocycles. The number of benzene rings is 2. The van der Waals surface area contributed by atoms with Gasteiger partial charge in [0.15, 0.2) is 22.2 Å². The van der Waals surface area contributed by atoms with E-state index >= 15 is 0 Å². The molecule has 0 aliphatic rings. The molecule has 0 unspecified atom stereocenters. The summed E-state index contributed by atoms with van der Waals surface area (Å²) in [6.45, 7) is 4.35. The third-order valence-corrected chi connectivity index (χ3v) is 6.35. The van der Waals surface area contributed by atoms with E-state index in [0.29, 0.717) is 22.2 Å². The zero-order chi connectivity index (χ0) is 21.5. The average molecular weight is 433 g/mol. The number of aryl methyl sites for hydroxylation is 2. The highest BCUT2D eigenvalue weighted by molar-refractivity contribution is 7.22. The van der Waals surface area contributed by atoms with Crippen LogP contribution < -0.4 is 9.64 Å². The number of para-hydroxylation sites is 1. The summed E-state index contributed by atoms with van der Waals surface area (Å²) in [5.41, 5.74) is 3.69. The number of thiazole rings is 1. The Morgan fingerprint density at radius 2 is 2.03 bits per heavy atom. The fraction of sp³-hybridized carbons (Fsp3) is 0.167. The van der Waals surface area contributed by atoms with E-state index < -0.39 is 0 Å². The van der Waals surface area contributed by atoms with Crippen molar-refractivity contribution >= 4 is 43.6 Å². The number of carbonyl (C=O) groups excluding carboxylic acids is 1. The highest BCUT2D eigenvalue weighted by atomic mass is 32.1. The van der Waals surface area contributed by atoms with Crippen molar-refractivity contribution in [1.29, 1.82) is 0 Å². The molecule has 7 heteroatoms. The molecule has 5 rings (SSSR count). The summed E-state index contributed by atoms with van der Waals surface area (Å²) < 4.78 is 17.9. The van der Waals surface area contributed by atoms with Gasteiger partial charge in [0.1, 0.15) is 5.76 Å². The lowest BCUT2D eigenvalue weighted by Gasteiger charge is -2.17. The van der Waals surface area contributed by atoms with Crippen LogP contribution in [0.5, 0.6) is 5.75 Å². The van der Waals surface area contributed by atoms with Gasteiger partial charge in [-0.05, 0) is 55.3 Å². The van der Waals surface area contributed by atoms with Crippen LogP contribution in [0.4, 0.5) is 5.13 Å². The standard InChI is InChI=1S/C24H20N2O4S/c1-14-10-15(2)22-18(11-14)25-24(31-22)26(13-17-7-5-9-29-17)23(27)20-12-16-6-4-8-19(28-3)21(16)30-20/h4-12H,13H2,1-3H3. The number of carbonyl (C=O) groups is 1. The summed E-state index contributed by atoms with van der Waals surface area (Å²) in [4.78, 5) is 20.0. The first-order chi connectivity index (χ1) is 15.0. The van der Waals surface area contributed by atoms with Gasteiger partial charge in [-0.1, -0.05) is 29.5 Å². The van der Waals surface area contributed by atoms with Gasteiger partial charge in [0, 0.05) is 5.39 Å². The maximum absolute atomic E-state index is 13.6. The highest BCUT2D eigenvalue weighted by Gasteiger charge is 2.26. The van der Waals surface area contributed by atoms with E-state index in [2.05, 4.69) is 13.0 Å². The fourth-order valence-electron chi connectivity index (χ4n) is 3.70. The van der Waals surface area contributed by atoms with Crippen molar-refractivity contribution in [3.63, 3.8) is 0 Å². The Hall–Kier alpha value is -3.58. The van der Waals surface area contributed by atoms with Crippen LogP contribution >= 0.6 is 11.3 Å². The van der Waals surface area contributed by atoms with Crippen molar-refractivity contribution in [2.45, 2.75) is 20.4 Å². The number of hydrogen-bond acceptors (Lipinski definition) is 6. The second-order valence-corrected chi connectivity index (χ2v) is 8.36. The first kappa shape index (κ1) is 19.4. The number of methoxy groups -OCH3 is 1. The summed E-state index contributed by atoms with van der Waals surface area (Å²) >= 11 is 1.49. The second kappa shape index (κ2) is 7.59. The maximum Gasteiger partial charge on any atom is 0.296 e. The largest absolute Gasteiger partial charge is 0.493 e. The minimum absolute atomic E-state index is 0.221. The van der Waals surface area contributed by atoms with Crippen LogP contribution in [0.1, 0.15) is 27.4 Å². The summed E-state index contributed by atoms with van der Waals surface area (Å²) in [7, 11) is 1.58. The molecule has 0 atom stereocenters. The van der Waals surface area contributed by atoms with Gasteiger partial charge >= 0.3 is 0 Å². The molecule has 2 aromatic carbocycles.